The first-order valence-corrected chi connectivity index (χ1v) is 10.2. The van der Waals surface area contributed by atoms with Crippen LogP contribution in [0.25, 0.3) is 0 Å². The number of likely N-dealkylation sites (tertiary alicyclic amines) is 1. The fourth-order valence-electron chi connectivity index (χ4n) is 4.13. The molecule has 2 aliphatic rings. The molecule has 0 unspecified atom stereocenters. The van der Waals surface area contributed by atoms with Crippen molar-refractivity contribution in [1.82, 2.24) is 10.2 Å². The van der Waals surface area contributed by atoms with Gasteiger partial charge in [0.25, 0.3) is 0 Å². The average Bonchev–Trinajstić information content (AvgIpc) is 2.69. The van der Waals surface area contributed by atoms with Crippen molar-refractivity contribution in [1.29, 1.82) is 0 Å². The molecule has 1 N–H and O–H groups in total. The molecule has 3 rings (SSSR count). The number of alkyl halides is 3. The normalized spacial score (nSPS) is 19.1. The fourth-order valence-corrected chi connectivity index (χ4v) is 4.13. The third kappa shape index (κ3) is 6.65. The van der Waals surface area contributed by atoms with E-state index in [1.165, 1.54) is 30.7 Å². The average molecular weight is 412 g/mol. The van der Waals surface area contributed by atoms with Crippen molar-refractivity contribution >= 4 is 11.8 Å². The van der Waals surface area contributed by atoms with Gasteiger partial charge < -0.3 is 15.0 Å². The van der Waals surface area contributed by atoms with Crippen LogP contribution in [-0.2, 0) is 16.0 Å². The van der Waals surface area contributed by atoms with Gasteiger partial charge in [-0.1, -0.05) is 31.4 Å². The maximum Gasteiger partial charge on any atom is 0.573 e. The summed E-state index contributed by atoms with van der Waals surface area (Å²) < 4.78 is 40.4. The maximum atomic E-state index is 12.6. The van der Waals surface area contributed by atoms with Gasteiger partial charge in [-0.3, -0.25) is 9.59 Å². The molecule has 1 aliphatic carbocycles. The molecule has 1 saturated heterocycles. The van der Waals surface area contributed by atoms with Gasteiger partial charge in [0.1, 0.15) is 5.75 Å². The van der Waals surface area contributed by atoms with E-state index in [4.69, 9.17) is 0 Å². The predicted octanol–water partition coefficient (Wildman–Crippen LogP) is 3.82. The van der Waals surface area contributed by atoms with Crippen molar-refractivity contribution in [2.24, 2.45) is 5.92 Å². The number of ether oxygens (including phenoxy) is 1. The van der Waals surface area contributed by atoms with Gasteiger partial charge in [-0.2, -0.15) is 0 Å². The van der Waals surface area contributed by atoms with E-state index in [1.54, 1.807) is 0 Å². The zero-order chi connectivity index (χ0) is 20.9. The number of piperidine rings is 1. The third-order valence-corrected chi connectivity index (χ3v) is 5.65. The molecule has 2 amide bonds. The van der Waals surface area contributed by atoms with Crippen LogP contribution in [0.1, 0.15) is 50.5 Å². The van der Waals surface area contributed by atoms with Crippen LogP contribution in [0.15, 0.2) is 24.3 Å². The molecule has 29 heavy (non-hydrogen) atoms. The molecular weight excluding hydrogens is 385 g/mol. The Morgan fingerprint density at radius 1 is 1.00 bits per heavy atom. The number of nitrogens with one attached hydrogen (secondary N) is 1. The van der Waals surface area contributed by atoms with E-state index in [0.717, 1.165) is 38.5 Å². The number of hydrogen-bond donors (Lipinski definition) is 1. The van der Waals surface area contributed by atoms with Gasteiger partial charge in [-0.15, -0.1) is 13.2 Å². The van der Waals surface area contributed by atoms with Crippen LogP contribution in [0, 0.1) is 5.92 Å². The Balaban J connectivity index is 1.41. The van der Waals surface area contributed by atoms with Gasteiger partial charge >= 0.3 is 6.36 Å². The van der Waals surface area contributed by atoms with Gasteiger partial charge in [0.15, 0.2) is 0 Å². The lowest BCUT2D eigenvalue weighted by Crippen LogP contribution is -2.48. The molecule has 0 bridgehead atoms. The van der Waals surface area contributed by atoms with E-state index in [0.29, 0.717) is 18.7 Å². The first kappa shape index (κ1) is 21.5. The van der Waals surface area contributed by atoms with Crippen LogP contribution in [-0.4, -0.2) is 42.2 Å². The second kappa shape index (κ2) is 9.50. The maximum absolute atomic E-state index is 12.6. The Kier molecular flexibility index (Phi) is 7.03. The highest BCUT2D eigenvalue weighted by Crippen LogP contribution is 2.27. The third-order valence-electron chi connectivity index (χ3n) is 5.65. The Hall–Kier alpha value is -2.25. The molecular formula is C21H27F3N2O3. The Bertz CT molecular complexity index is 692. The summed E-state index contributed by atoms with van der Waals surface area (Å²) in [5.74, 6) is -0.0574. The monoisotopic (exact) mass is 412 g/mol. The number of halogens is 3. The predicted molar refractivity (Wildman–Crippen MR) is 101 cm³/mol. The second-order valence-corrected chi connectivity index (χ2v) is 7.87. The molecule has 0 radical (unpaired) electrons. The number of carbonyl (C=O) groups is 2. The number of amides is 2. The van der Waals surface area contributed by atoms with Crippen LogP contribution in [0.3, 0.4) is 0 Å². The van der Waals surface area contributed by atoms with Crippen LogP contribution >= 0.6 is 0 Å². The number of hydrogen-bond acceptors (Lipinski definition) is 3. The largest absolute Gasteiger partial charge is 0.573 e. The SMILES string of the molecule is O=C(Cc1ccc(OC(F)(F)F)cc1)NC1CCN(C(=O)C2CCCCC2)CC1. The van der Waals surface area contributed by atoms with Gasteiger partial charge in [0.2, 0.25) is 11.8 Å². The Morgan fingerprint density at radius 3 is 2.21 bits per heavy atom. The van der Waals surface area contributed by atoms with E-state index in [2.05, 4.69) is 10.1 Å². The van der Waals surface area contributed by atoms with Crippen LogP contribution in [0.5, 0.6) is 5.75 Å². The summed E-state index contributed by atoms with van der Waals surface area (Å²) in [5.41, 5.74) is 0.613. The molecule has 160 valence electrons. The fraction of sp³-hybridized carbons (Fsp3) is 0.619. The summed E-state index contributed by atoms with van der Waals surface area (Å²) in [4.78, 5) is 26.8. The molecule has 1 aromatic rings. The van der Waals surface area contributed by atoms with E-state index in [-0.39, 0.29) is 35.9 Å². The zero-order valence-electron chi connectivity index (χ0n) is 16.3. The van der Waals surface area contributed by atoms with Crippen molar-refractivity contribution in [3.8, 4) is 5.75 Å². The first-order valence-electron chi connectivity index (χ1n) is 10.2. The number of benzene rings is 1. The van der Waals surface area contributed by atoms with Crippen molar-refractivity contribution in [3.05, 3.63) is 29.8 Å². The molecule has 1 aromatic carbocycles. The second-order valence-electron chi connectivity index (χ2n) is 7.87. The summed E-state index contributed by atoms with van der Waals surface area (Å²) in [5, 5.41) is 2.97. The highest BCUT2D eigenvalue weighted by atomic mass is 19.4. The zero-order valence-corrected chi connectivity index (χ0v) is 16.3. The van der Waals surface area contributed by atoms with Crippen LogP contribution < -0.4 is 10.1 Å². The topological polar surface area (TPSA) is 58.6 Å². The minimum atomic E-state index is -4.73. The molecule has 8 heteroatoms. The van der Waals surface area contributed by atoms with E-state index < -0.39 is 6.36 Å². The summed E-state index contributed by atoms with van der Waals surface area (Å²) in [6.07, 6.45) is 2.27. The quantitative estimate of drug-likeness (QED) is 0.800. The Morgan fingerprint density at radius 2 is 1.62 bits per heavy atom. The number of rotatable bonds is 5. The van der Waals surface area contributed by atoms with Gasteiger partial charge in [0, 0.05) is 25.0 Å². The molecule has 1 saturated carbocycles. The minimum Gasteiger partial charge on any atom is -0.406 e. The van der Waals surface area contributed by atoms with Crippen LogP contribution in [0.2, 0.25) is 0 Å². The Labute approximate surface area is 168 Å². The molecule has 5 nitrogen and oxygen atoms in total. The lowest BCUT2D eigenvalue weighted by Gasteiger charge is -2.35. The lowest BCUT2D eigenvalue weighted by atomic mass is 9.87. The first-order chi connectivity index (χ1) is 13.8. The van der Waals surface area contributed by atoms with Crippen LogP contribution in [0.4, 0.5) is 13.2 Å². The van der Waals surface area contributed by atoms with E-state index in [9.17, 15) is 22.8 Å². The van der Waals surface area contributed by atoms with Crippen molar-refractivity contribution in [3.63, 3.8) is 0 Å². The summed E-state index contributed by atoms with van der Waals surface area (Å²) in [7, 11) is 0. The molecule has 2 fully saturated rings. The number of carbonyl (C=O) groups excluding carboxylic acids is 2. The molecule has 0 spiro atoms. The van der Waals surface area contributed by atoms with Crippen molar-refractivity contribution in [2.75, 3.05) is 13.1 Å². The summed E-state index contributed by atoms with van der Waals surface area (Å²) in [6, 6.07) is 5.32. The highest BCUT2D eigenvalue weighted by molar-refractivity contribution is 5.80. The molecule has 1 aliphatic heterocycles. The minimum absolute atomic E-state index is 0.0192. The molecule has 1 heterocycles. The molecule has 0 atom stereocenters. The highest BCUT2D eigenvalue weighted by Gasteiger charge is 2.31. The smallest absolute Gasteiger partial charge is 0.406 e. The van der Waals surface area contributed by atoms with Gasteiger partial charge in [-0.25, -0.2) is 0 Å². The van der Waals surface area contributed by atoms with E-state index in [1.807, 2.05) is 4.90 Å². The summed E-state index contributed by atoms with van der Waals surface area (Å²) >= 11 is 0. The molecule has 0 aromatic heterocycles. The standard InChI is InChI=1S/C21H27F3N2O3/c22-21(23,24)29-18-8-6-15(7-9-18)14-19(27)25-17-10-12-26(13-11-17)20(28)16-4-2-1-3-5-16/h6-9,16-17H,1-5,10-14H2,(H,25,27). The van der Waals surface area contributed by atoms with Crippen molar-refractivity contribution < 1.29 is 27.5 Å². The summed E-state index contributed by atoms with van der Waals surface area (Å²) in [6.45, 7) is 1.31. The number of nitrogens with zero attached hydrogens (tertiary/aromatic N) is 1. The van der Waals surface area contributed by atoms with Gasteiger partial charge in [0.05, 0.1) is 6.42 Å². The van der Waals surface area contributed by atoms with Gasteiger partial charge in [-0.05, 0) is 43.4 Å². The van der Waals surface area contributed by atoms with E-state index >= 15 is 0 Å². The van der Waals surface area contributed by atoms with Crippen molar-refractivity contribution in [2.45, 2.75) is 63.8 Å². The lowest BCUT2D eigenvalue weighted by molar-refractivity contribution is -0.274.